The normalized spacial score (nSPS) is 11.0. The summed E-state index contributed by atoms with van der Waals surface area (Å²) in [4.78, 5) is 21.6. The first kappa shape index (κ1) is 15.9. The summed E-state index contributed by atoms with van der Waals surface area (Å²) in [5.41, 5.74) is -0.106. The molecule has 0 aliphatic heterocycles. The summed E-state index contributed by atoms with van der Waals surface area (Å²) in [5.74, 6) is -0.143. The molecule has 0 spiro atoms. The Bertz CT molecular complexity index is 505. The lowest BCUT2D eigenvalue weighted by atomic mass is 10.1. The van der Waals surface area contributed by atoms with Crippen LogP contribution in [-0.2, 0) is 16.1 Å². The minimum absolute atomic E-state index is 0.0172. The number of benzene rings is 1. The Morgan fingerprint density at radius 1 is 1.35 bits per heavy atom. The van der Waals surface area contributed by atoms with Crippen LogP contribution < -0.4 is 4.74 Å². The summed E-state index contributed by atoms with van der Waals surface area (Å²) >= 11 is 0. The van der Waals surface area contributed by atoms with Gasteiger partial charge >= 0.3 is 11.7 Å². The van der Waals surface area contributed by atoms with Crippen LogP contribution in [0.1, 0.15) is 39.7 Å². The minimum Gasteiger partial charge on any atom is -0.481 e. The molecule has 1 aromatic rings. The number of nitro groups is 1. The van der Waals surface area contributed by atoms with Gasteiger partial charge in [0, 0.05) is 12.5 Å². The Labute approximate surface area is 117 Å². The second-order valence-electron chi connectivity index (χ2n) is 5.29. The van der Waals surface area contributed by atoms with Gasteiger partial charge in [-0.05, 0) is 32.4 Å². The molecule has 0 amide bonds. The topological polar surface area (TPSA) is 78.7 Å². The van der Waals surface area contributed by atoms with E-state index in [1.165, 1.54) is 12.1 Å². The quantitative estimate of drug-likeness (QED) is 0.470. The van der Waals surface area contributed by atoms with Crippen molar-refractivity contribution in [1.29, 1.82) is 0 Å². The number of carbonyl (C=O) groups is 1. The van der Waals surface area contributed by atoms with Crippen molar-refractivity contribution in [2.45, 2.75) is 46.3 Å². The number of nitro benzene ring substituents is 1. The van der Waals surface area contributed by atoms with Crippen LogP contribution >= 0.6 is 0 Å². The lowest BCUT2D eigenvalue weighted by Gasteiger charge is -2.21. The molecule has 0 bridgehead atoms. The lowest BCUT2D eigenvalue weighted by Crippen LogP contribution is -2.23. The fraction of sp³-hybridized carbons (Fsp3) is 0.500. The maximum Gasteiger partial charge on any atom is 0.311 e. The highest BCUT2D eigenvalue weighted by molar-refractivity contribution is 5.68. The number of ether oxygens (including phenoxy) is 2. The zero-order valence-electron chi connectivity index (χ0n) is 12.1. The molecule has 20 heavy (non-hydrogen) atoms. The number of hydrogen-bond acceptors (Lipinski definition) is 5. The SMILES string of the molecule is CCC(=O)OCc1ccc(OC(C)(C)C)c([N+](=O)[O-])c1. The first-order valence-corrected chi connectivity index (χ1v) is 6.35. The number of hydrogen-bond donors (Lipinski definition) is 0. The zero-order chi connectivity index (χ0) is 15.3. The van der Waals surface area contributed by atoms with Gasteiger partial charge in [0.05, 0.1) is 4.92 Å². The average molecular weight is 281 g/mol. The third-order valence-electron chi connectivity index (χ3n) is 2.32. The van der Waals surface area contributed by atoms with Crippen LogP contribution in [0.15, 0.2) is 18.2 Å². The van der Waals surface area contributed by atoms with Crippen molar-refractivity contribution in [3.8, 4) is 5.75 Å². The second-order valence-corrected chi connectivity index (χ2v) is 5.29. The van der Waals surface area contributed by atoms with Crippen LogP contribution in [0.25, 0.3) is 0 Å². The molecule has 110 valence electrons. The van der Waals surface area contributed by atoms with E-state index in [9.17, 15) is 14.9 Å². The van der Waals surface area contributed by atoms with E-state index in [-0.39, 0.29) is 30.4 Å². The largest absolute Gasteiger partial charge is 0.481 e. The Morgan fingerprint density at radius 2 is 2.00 bits per heavy atom. The standard InChI is InChI=1S/C14H19NO5/c1-5-13(16)19-9-10-6-7-12(20-14(2,3)4)11(8-10)15(17)18/h6-8H,5,9H2,1-4H3. The summed E-state index contributed by atoms with van der Waals surface area (Å²) in [7, 11) is 0. The van der Waals surface area contributed by atoms with Crippen LogP contribution in [0.2, 0.25) is 0 Å². The molecule has 0 saturated heterocycles. The Morgan fingerprint density at radius 3 is 2.50 bits per heavy atom. The summed E-state index contributed by atoms with van der Waals surface area (Å²) in [6.07, 6.45) is 0.271. The van der Waals surface area contributed by atoms with Gasteiger partial charge in [0.1, 0.15) is 12.2 Å². The average Bonchev–Trinajstić information content (AvgIpc) is 2.35. The lowest BCUT2D eigenvalue weighted by molar-refractivity contribution is -0.386. The molecule has 0 heterocycles. The predicted octanol–water partition coefficient (Wildman–Crippen LogP) is 3.23. The molecule has 0 fully saturated rings. The van der Waals surface area contributed by atoms with Crippen LogP contribution in [0.5, 0.6) is 5.75 Å². The summed E-state index contributed by atoms with van der Waals surface area (Å²) < 4.78 is 10.5. The Balaban J connectivity index is 2.95. The molecule has 0 N–H and O–H groups in total. The van der Waals surface area contributed by atoms with Crippen molar-refractivity contribution in [3.63, 3.8) is 0 Å². The fourth-order valence-electron chi connectivity index (χ4n) is 1.48. The molecule has 0 aliphatic carbocycles. The summed E-state index contributed by atoms with van der Waals surface area (Å²) in [6.45, 7) is 7.14. The van der Waals surface area contributed by atoms with E-state index >= 15 is 0 Å². The van der Waals surface area contributed by atoms with Crippen LogP contribution in [0.4, 0.5) is 5.69 Å². The molecule has 0 unspecified atom stereocenters. The van der Waals surface area contributed by atoms with E-state index < -0.39 is 10.5 Å². The van der Waals surface area contributed by atoms with Gasteiger partial charge in [-0.3, -0.25) is 14.9 Å². The molecule has 6 heteroatoms. The molecule has 1 rings (SSSR count). The van der Waals surface area contributed by atoms with E-state index in [4.69, 9.17) is 9.47 Å². The molecule has 0 aliphatic rings. The van der Waals surface area contributed by atoms with Crippen molar-refractivity contribution in [2.24, 2.45) is 0 Å². The molecule has 0 atom stereocenters. The second kappa shape index (κ2) is 6.36. The van der Waals surface area contributed by atoms with Crippen molar-refractivity contribution >= 4 is 11.7 Å². The van der Waals surface area contributed by atoms with Crippen molar-refractivity contribution in [2.75, 3.05) is 0 Å². The molecule has 0 radical (unpaired) electrons. The van der Waals surface area contributed by atoms with Gasteiger partial charge in [-0.2, -0.15) is 0 Å². The Hall–Kier alpha value is -2.11. The molecular weight excluding hydrogens is 262 g/mol. The molecule has 1 aromatic carbocycles. The number of carbonyl (C=O) groups excluding carboxylic acids is 1. The van der Waals surface area contributed by atoms with E-state index in [0.717, 1.165) is 0 Å². The fourth-order valence-corrected chi connectivity index (χ4v) is 1.48. The van der Waals surface area contributed by atoms with Crippen molar-refractivity contribution < 1.29 is 19.2 Å². The van der Waals surface area contributed by atoms with E-state index in [2.05, 4.69) is 0 Å². The van der Waals surface area contributed by atoms with Gasteiger partial charge in [0.15, 0.2) is 5.75 Å². The zero-order valence-corrected chi connectivity index (χ0v) is 12.1. The van der Waals surface area contributed by atoms with E-state index in [0.29, 0.717) is 5.56 Å². The number of rotatable bonds is 5. The minimum atomic E-state index is -0.527. The van der Waals surface area contributed by atoms with Gasteiger partial charge in [0.25, 0.3) is 0 Å². The first-order valence-electron chi connectivity index (χ1n) is 6.35. The van der Waals surface area contributed by atoms with Crippen LogP contribution in [-0.4, -0.2) is 16.5 Å². The summed E-state index contributed by atoms with van der Waals surface area (Å²) in [6, 6.07) is 4.54. The van der Waals surface area contributed by atoms with Crippen LogP contribution in [0, 0.1) is 10.1 Å². The maximum absolute atomic E-state index is 11.1. The maximum atomic E-state index is 11.1. The highest BCUT2D eigenvalue weighted by Crippen LogP contribution is 2.31. The van der Waals surface area contributed by atoms with Gasteiger partial charge < -0.3 is 9.47 Å². The monoisotopic (exact) mass is 281 g/mol. The number of esters is 1. The van der Waals surface area contributed by atoms with Gasteiger partial charge in [0.2, 0.25) is 0 Å². The van der Waals surface area contributed by atoms with Crippen molar-refractivity contribution in [3.05, 3.63) is 33.9 Å². The molecule has 0 saturated carbocycles. The van der Waals surface area contributed by atoms with E-state index in [1.807, 2.05) is 20.8 Å². The Kier molecular flexibility index (Phi) is 5.07. The van der Waals surface area contributed by atoms with Crippen molar-refractivity contribution in [1.82, 2.24) is 0 Å². The molecule has 6 nitrogen and oxygen atoms in total. The smallest absolute Gasteiger partial charge is 0.311 e. The third kappa shape index (κ3) is 4.87. The highest BCUT2D eigenvalue weighted by Gasteiger charge is 2.21. The van der Waals surface area contributed by atoms with E-state index in [1.54, 1.807) is 13.0 Å². The molecular formula is C14H19NO5. The molecule has 0 aromatic heterocycles. The summed E-state index contributed by atoms with van der Waals surface area (Å²) in [5, 5.41) is 11.1. The predicted molar refractivity (Wildman–Crippen MR) is 73.6 cm³/mol. The first-order chi connectivity index (χ1) is 9.23. The van der Waals surface area contributed by atoms with Gasteiger partial charge in [-0.25, -0.2) is 0 Å². The van der Waals surface area contributed by atoms with Crippen LogP contribution in [0.3, 0.4) is 0 Å². The third-order valence-corrected chi connectivity index (χ3v) is 2.32. The van der Waals surface area contributed by atoms with Gasteiger partial charge in [-0.1, -0.05) is 13.0 Å². The highest BCUT2D eigenvalue weighted by atomic mass is 16.6. The number of nitrogens with zero attached hydrogens (tertiary/aromatic N) is 1. The van der Waals surface area contributed by atoms with Gasteiger partial charge in [-0.15, -0.1) is 0 Å².